The number of allylic oxidation sites excluding steroid dienone is 5. The molecular formula is C15H14FN3O2S. The Morgan fingerprint density at radius 3 is 2.50 bits per heavy atom. The molecule has 1 aromatic carbocycles. The van der Waals surface area contributed by atoms with Crippen molar-refractivity contribution < 1.29 is 12.8 Å². The monoisotopic (exact) mass is 319 g/mol. The Morgan fingerprint density at radius 2 is 1.91 bits per heavy atom. The van der Waals surface area contributed by atoms with Gasteiger partial charge in [-0.2, -0.15) is 12.8 Å². The zero-order chi connectivity index (χ0) is 16.2. The summed E-state index contributed by atoms with van der Waals surface area (Å²) in [7, 11) is -4.16. The highest BCUT2D eigenvalue weighted by Gasteiger charge is 2.19. The van der Waals surface area contributed by atoms with Crippen LogP contribution in [0.5, 0.6) is 0 Å². The van der Waals surface area contributed by atoms with E-state index in [4.69, 9.17) is 11.1 Å². The predicted molar refractivity (Wildman–Crippen MR) is 83.3 cm³/mol. The SMILES string of the molecule is N=C=C1C=CC(=NS(=O)(=O)c2cc(CCN)ccc2F)C=C1. The minimum atomic E-state index is -4.16. The van der Waals surface area contributed by atoms with E-state index in [1.54, 1.807) is 0 Å². The molecule has 0 amide bonds. The van der Waals surface area contributed by atoms with Crippen LogP contribution in [0.1, 0.15) is 5.56 Å². The summed E-state index contributed by atoms with van der Waals surface area (Å²) in [5.41, 5.74) is 6.70. The third kappa shape index (κ3) is 3.65. The zero-order valence-electron chi connectivity index (χ0n) is 11.6. The number of nitrogens with zero attached hydrogens (tertiary/aromatic N) is 1. The van der Waals surface area contributed by atoms with Gasteiger partial charge in [-0.05, 0) is 60.8 Å². The maximum Gasteiger partial charge on any atom is 0.285 e. The fourth-order valence-electron chi connectivity index (χ4n) is 1.86. The number of halogens is 1. The molecule has 0 bridgehead atoms. The maximum atomic E-state index is 13.8. The van der Waals surface area contributed by atoms with Crippen LogP contribution in [0.15, 0.2) is 57.4 Å². The van der Waals surface area contributed by atoms with E-state index in [-0.39, 0.29) is 5.71 Å². The normalized spacial score (nSPS) is 14.1. The van der Waals surface area contributed by atoms with Gasteiger partial charge in [-0.3, -0.25) is 5.41 Å². The highest BCUT2D eigenvalue weighted by atomic mass is 32.2. The first-order chi connectivity index (χ1) is 10.5. The zero-order valence-corrected chi connectivity index (χ0v) is 12.4. The topological polar surface area (TPSA) is 96.4 Å². The van der Waals surface area contributed by atoms with Gasteiger partial charge >= 0.3 is 0 Å². The number of nitrogens with two attached hydrogens (primary N) is 1. The fourth-order valence-corrected chi connectivity index (χ4v) is 2.97. The van der Waals surface area contributed by atoms with Gasteiger partial charge in [-0.15, -0.1) is 0 Å². The average Bonchev–Trinajstić information content (AvgIpc) is 2.50. The van der Waals surface area contributed by atoms with Crippen LogP contribution >= 0.6 is 0 Å². The first-order valence-corrected chi connectivity index (χ1v) is 7.89. The smallest absolute Gasteiger partial charge is 0.285 e. The Kier molecular flexibility index (Phi) is 4.82. The number of hydrogen-bond donors (Lipinski definition) is 2. The molecule has 0 aromatic heterocycles. The number of sulfonamides is 1. The molecule has 1 aromatic rings. The molecule has 22 heavy (non-hydrogen) atoms. The summed E-state index contributed by atoms with van der Waals surface area (Å²) in [6, 6.07) is 3.84. The lowest BCUT2D eigenvalue weighted by Gasteiger charge is -2.06. The van der Waals surface area contributed by atoms with Crippen LogP contribution in [0.2, 0.25) is 0 Å². The van der Waals surface area contributed by atoms with Gasteiger partial charge < -0.3 is 5.73 Å². The number of nitrogens with one attached hydrogen (secondary N) is 1. The molecule has 1 aliphatic carbocycles. The molecule has 0 unspecified atom stereocenters. The predicted octanol–water partition coefficient (Wildman–Crippen LogP) is 1.76. The van der Waals surface area contributed by atoms with E-state index in [2.05, 4.69) is 10.3 Å². The van der Waals surface area contributed by atoms with Crippen molar-refractivity contribution in [2.75, 3.05) is 6.54 Å². The molecule has 1 aliphatic rings. The molecule has 0 heterocycles. The number of rotatable bonds is 4. The van der Waals surface area contributed by atoms with Gasteiger partial charge in [0.05, 0.1) is 5.71 Å². The van der Waals surface area contributed by atoms with Crippen LogP contribution in [0.4, 0.5) is 4.39 Å². The molecule has 0 aliphatic heterocycles. The van der Waals surface area contributed by atoms with Crippen LogP contribution in [-0.2, 0) is 16.4 Å². The fraction of sp³-hybridized carbons (Fsp3) is 0.133. The third-order valence-electron chi connectivity index (χ3n) is 2.94. The first-order valence-electron chi connectivity index (χ1n) is 6.45. The Balaban J connectivity index is 2.42. The quantitative estimate of drug-likeness (QED) is 0.828. The summed E-state index contributed by atoms with van der Waals surface area (Å²) in [6.07, 6.45) is 6.31. The van der Waals surface area contributed by atoms with Crippen LogP contribution in [0.3, 0.4) is 0 Å². The van der Waals surface area contributed by atoms with E-state index in [1.165, 1.54) is 36.4 Å². The lowest BCUT2D eigenvalue weighted by Crippen LogP contribution is -2.07. The van der Waals surface area contributed by atoms with Crippen LogP contribution in [0, 0.1) is 11.2 Å². The Morgan fingerprint density at radius 1 is 1.23 bits per heavy atom. The van der Waals surface area contributed by atoms with Gasteiger partial charge in [0.15, 0.2) is 0 Å². The third-order valence-corrected chi connectivity index (χ3v) is 4.26. The molecule has 0 radical (unpaired) electrons. The lowest BCUT2D eigenvalue weighted by atomic mass is 10.1. The van der Waals surface area contributed by atoms with Crippen molar-refractivity contribution in [2.24, 2.45) is 10.1 Å². The summed E-state index contributed by atoms with van der Waals surface area (Å²) in [4.78, 5) is -0.471. The second-order valence-electron chi connectivity index (χ2n) is 4.54. The van der Waals surface area contributed by atoms with Gasteiger partial charge in [0.1, 0.15) is 10.7 Å². The molecule has 0 spiro atoms. The first kappa shape index (κ1) is 16.0. The minimum Gasteiger partial charge on any atom is -0.330 e. The van der Waals surface area contributed by atoms with Crippen molar-refractivity contribution in [2.45, 2.75) is 11.3 Å². The summed E-state index contributed by atoms with van der Waals surface area (Å²) in [5.74, 6) is 1.31. The van der Waals surface area contributed by atoms with Crippen molar-refractivity contribution in [1.82, 2.24) is 0 Å². The van der Waals surface area contributed by atoms with E-state index in [0.29, 0.717) is 24.1 Å². The van der Waals surface area contributed by atoms with E-state index in [1.807, 2.05) is 0 Å². The van der Waals surface area contributed by atoms with E-state index >= 15 is 0 Å². The average molecular weight is 319 g/mol. The maximum absolute atomic E-state index is 13.8. The highest BCUT2D eigenvalue weighted by Crippen LogP contribution is 2.20. The van der Waals surface area contributed by atoms with Crippen molar-refractivity contribution in [3.63, 3.8) is 0 Å². The second kappa shape index (κ2) is 6.62. The van der Waals surface area contributed by atoms with Gasteiger partial charge in [0.25, 0.3) is 10.0 Å². The molecule has 0 saturated heterocycles. The van der Waals surface area contributed by atoms with Gasteiger partial charge in [-0.25, -0.2) is 4.39 Å². The number of benzene rings is 1. The molecular weight excluding hydrogens is 305 g/mol. The van der Waals surface area contributed by atoms with E-state index < -0.39 is 20.7 Å². The lowest BCUT2D eigenvalue weighted by molar-refractivity contribution is 0.567. The summed E-state index contributed by atoms with van der Waals surface area (Å²) in [5, 5.41) is 6.96. The number of hydrogen-bond acceptors (Lipinski definition) is 4. The van der Waals surface area contributed by atoms with E-state index in [0.717, 1.165) is 6.07 Å². The van der Waals surface area contributed by atoms with Crippen molar-refractivity contribution in [3.8, 4) is 0 Å². The molecule has 7 heteroatoms. The largest absolute Gasteiger partial charge is 0.330 e. The molecule has 0 saturated carbocycles. The van der Waals surface area contributed by atoms with Crippen LogP contribution in [-0.4, -0.2) is 26.5 Å². The van der Waals surface area contributed by atoms with Crippen LogP contribution < -0.4 is 5.73 Å². The standard InChI is InChI=1S/C15H14FN3O2S/c16-14-6-3-11(7-8-17)9-15(14)22(20,21)19-13-4-1-12(10-18)2-5-13/h1-6,9,18H,7-8,17H2. The van der Waals surface area contributed by atoms with Crippen LogP contribution in [0.25, 0.3) is 0 Å². The summed E-state index contributed by atoms with van der Waals surface area (Å²) in [6.45, 7) is 0.337. The minimum absolute atomic E-state index is 0.155. The Bertz CT molecular complexity index is 814. The molecule has 3 N–H and O–H groups in total. The Labute approximate surface area is 127 Å². The van der Waals surface area contributed by atoms with Gasteiger partial charge in [0, 0.05) is 5.57 Å². The van der Waals surface area contributed by atoms with Crippen molar-refractivity contribution in [3.05, 3.63) is 59.5 Å². The molecule has 0 fully saturated rings. The Hall–Kier alpha value is -2.34. The van der Waals surface area contributed by atoms with Gasteiger partial charge in [0.2, 0.25) is 0 Å². The molecule has 0 atom stereocenters. The van der Waals surface area contributed by atoms with Gasteiger partial charge in [-0.1, -0.05) is 6.07 Å². The molecule has 5 nitrogen and oxygen atoms in total. The molecule has 114 valence electrons. The van der Waals surface area contributed by atoms with E-state index in [9.17, 15) is 12.8 Å². The van der Waals surface area contributed by atoms with Crippen molar-refractivity contribution >= 4 is 21.6 Å². The summed E-state index contributed by atoms with van der Waals surface area (Å²) >= 11 is 0. The molecule has 2 rings (SSSR count). The highest BCUT2D eigenvalue weighted by molar-refractivity contribution is 7.90. The summed E-state index contributed by atoms with van der Waals surface area (Å²) < 4.78 is 41.9. The van der Waals surface area contributed by atoms with Crippen molar-refractivity contribution in [1.29, 1.82) is 5.41 Å². The second-order valence-corrected chi connectivity index (χ2v) is 6.11.